The van der Waals surface area contributed by atoms with Crippen LogP contribution in [0.15, 0.2) is 72.1 Å². The van der Waals surface area contributed by atoms with E-state index in [9.17, 15) is 8.42 Å². The third-order valence-corrected chi connectivity index (χ3v) is 6.64. The highest BCUT2D eigenvalue weighted by atomic mass is 32.2. The Kier molecular flexibility index (Phi) is 5.21. The van der Waals surface area contributed by atoms with Gasteiger partial charge in [-0.25, -0.2) is 18.1 Å². The molecule has 0 spiro atoms. The molecule has 1 fully saturated rings. The highest BCUT2D eigenvalue weighted by Crippen LogP contribution is 2.39. The molecule has 3 heterocycles. The summed E-state index contributed by atoms with van der Waals surface area (Å²) in [7, 11) is -3.66. The monoisotopic (exact) mass is 437 g/mol. The van der Waals surface area contributed by atoms with Gasteiger partial charge in [-0.15, -0.1) is 0 Å². The first-order chi connectivity index (χ1) is 15.1. The van der Waals surface area contributed by atoms with Crippen molar-refractivity contribution >= 4 is 15.7 Å². The van der Waals surface area contributed by atoms with Crippen molar-refractivity contribution in [3.63, 3.8) is 0 Å². The maximum absolute atomic E-state index is 12.5. The molecule has 1 N–H and O–H groups in total. The molecule has 9 heteroatoms. The number of imidazole rings is 1. The van der Waals surface area contributed by atoms with Crippen LogP contribution in [-0.4, -0.2) is 40.7 Å². The van der Waals surface area contributed by atoms with E-state index < -0.39 is 10.0 Å². The van der Waals surface area contributed by atoms with Gasteiger partial charge in [-0.2, -0.15) is 5.10 Å². The van der Waals surface area contributed by atoms with E-state index in [0.29, 0.717) is 18.2 Å². The normalized spacial score (nSPS) is 14.2. The largest absolute Gasteiger partial charge is 0.492 e. The predicted octanol–water partition coefficient (Wildman–Crippen LogP) is 2.81. The number of hydrogen-bond donors (Lipinski definition) is 1. The van der Waals surface area contributed by atoms with Crippen molar-refractivity contribution in [2.75, 3.05) is 13.2 Å². The summed E-state index contributed by atoms with van der Waals surface area (Å²) in [5, 5.41) is 4.20. The van der Waals surface area contributed by atoms with Crippen molar-refractivity contribution in [3.8, 4) is 5.75 Å². The molecule has 1 aliphatic carbocycles. The summed E-state index contributed by atoms with van der Waals surface area (Å²) in [5.74, 6) is 1.38. The Morgan fingerprint density at radius 3 is 2.71 bits per heavy atom. The summed E-state index contributed by atoms with van der Waals surface area (Å²) in [4.78, 5) is 4.73. The Balaban J connectivity index is 1.20. The van der Waals surface area contributed by atoms with Gasteiger partial charge in [0.15, 0.2) is 0 Å². The van der Waals surface area contributed by atoms with Crippen LogP contribution in [0.3, 0.4) is 0 Å². The molecule has 1 aromatic carbocycles. The van der Waals surface area contributed by atoms with Crippen LogP contribution in [0.4, 0.5) is 0 Å². The van der Waals surface area contributed by atoms with Gasteiger partial charge in [0.05, 0.1) is 18.4 Å². The molecule has 160 valence electrons. The van der Waals surface area contributed by atoms with Crippen molar-refractivity contribution in [2.45, 2.75) is 30.2 Å². The number of para-hydroxylation sites is 1. The average Bonchev–Trinajstić information content (AvgIpc) is 3.37. The van der Waals surface area contributed by atoms with E-state index in [1.807, 2.05) is 47.0 Å². The third-order valence-electron chi connectivity index (χ3n) is 5.22. The van der Waals surface area contributed by atoms with Gasteiger partial charge in [0.2, 0.25) is 10.0 Å². The van der Waals surface area contributed by atoms with Crippen molar-refractivity contribution in [2.24, 2.45) is 0 Å². The van der Waals surface area contributed by atoms with Crippen LogP contribution in [0.1, 0.15) is 30.0 Å². The van der Waals surface area contributed by atoms with Crippen LogP contribution >= 0.6 is 0 Å². The van der Waals surface area contributed by atoms with Crippen molar-refractivity contribution in [3.05, 3.63) is 78.5 Å². The molecule has 0 amide bonds. The number of rotatable bonds is 9. The number of benzene rings is 1. The smallest absolute Gasteiger partial charge is 0.243 e. The van der Waals surface area contributed by atoms with Crippen LogP contribution in [0.25, 0.3) is 5.65 Å². The fourth-order valence-corrected chi connectivity index (χ4v) is 4.44. The molecule has 0 aliphatic heterocycles. The molecule has 0 bridgehead atoms. The zero-order valence-corrected chi connectivity index (χ0v) is 17.7. The molecule has 8 nitrogen and oxygen atoms in total. The zero-order chi connectivity index (χ0) is 21.3. The summed E-state index contributed by atoms with van der Waals surface area (Å²) >= 11 is 0. The van der Waals surface area contributed by atoms with Gasteiger partial charge in [0, 0.05) is 25.1 Å². The van der Waals surface area contributed by atoms with Gasteiger partial charge in [0.1, 0.15) is 22.9 Å². The number of sulfonamides is 1. The van der Waals surface area contributed by atoms with Crippen molar-refractivity contribution in [1.29, 1.82) is 0 Å². The lowest BCUT2D eigenvalue weighted by atomic mass is 10.2. The number of nitrogens with one attached hydrogen (secondary N) is 1. The van der Waals surface area contributed by atoms with Crippen LogP contribution < -0.4 is 9.46 Å². The fraction of sp³-hybridized carbons (Fsp3) is 0.273. The standard InChI is InChI=1S/C22H23N5O3S/c28-31(29,24-10-11-30-20-4-2-1-3-5-20)21-12-23-27(16-21)15-19-14-26-13-18(17-6-7-17)8-9-22(26)25-19/h1-5,8-9,12-14,16-17,24H,6-7,10-11,15H2. The third kappa shape index (κ3) is 4.62. The molecule has 0 saturated heterocycles. The Labute approximate surface area is 180 Å². The summed E-state index contributed by atoms with van der Waals surface area (Å²) in [6, 6.07) is 13.4. The van der Waals surface area contributed by atoms with Crippen molar-refractivity contribution in [1.82, 2.24) is 23.9 Å². The SMILES string of the molecule is O=S(=O)(NCCOc1ccccc1)c1cnn(Cc2cn3cc(C4CC4)ccc3n2)c1. The minimum absolute atomic E-state index is 0.118. The average molecular weight is 438 g/mol. The number of fused-ring (bicyclic) bond motifs is 1. The van der Waals surface area contributed by atoms with Gasteiger partial charge in [-0.1, -0.05) is 24.3 Å². The minimum atomic E-state index is -3.66. The molecule has 0 atom stereocenters. The first-order valence-corrected chi connectivity index (χ1v) is 11.7. The summed E-state index contributed by atoms with van der Waals surface area (Å²) in [6.45, 7) is 0.798. The second-order valence-corrected chi connectivity index (χ2v) is 9.43. The quantitative estimate of drug-likeness (QED) is 0.407. The fourth-order valence-electron chi connectivity index (χ4n) is 3.48. The summed E-state index contributed by atoms with van der Waals surface area (Å²) in [6.07, 6.45) is 9.47. The predicted molar refractivity (Wildman–Crippen MR) is 116 cm³/mol. The first-order valence-electron chi connectivity index (χ1n) is 10.2. The number of hydrogen-bond acceptors (Lipinski definition) is 5. The van der Waals surface area contributed by atoms with E-state index in [0.717, 1.165) is 11.3 Å². The minimum Gasteiger partial charge on any atom is -0.492 e. The van der Waals surface area contributed by atoms with E-state index in [1.165, 1.54) is 30.8 Å². The molecule has 1 saturated carbocycles. The van der Waals surface area contributed by atoms with E-state index in [1.54, 1.807) is 4.68 Å². The van der Waals surface area contributed by atoms with E-state index >= 15 is 0 Å². The number of nitrogens with zero attached hydrogens (tertiary/aromatic N) is 4. The van der Waals surface area contributed by atoms with Crippen LogP contribution in [0, 0.1) is 0 Å². The summed E-state index contributed by atoms with van der Waals surface area (Å²) in [5.41, 5.74) is 3.04. The Morgan fingerprint density at radius 1 is 1.06 bits per heavy atom. The lowest BCUT2D eigenvalue weighted by Gasteiger charge is -2.07. The lowest BCUT2D eigenvalue weighted by molar-refractivity contribution is 0.323. The maximum Gasteiger partial charge on any atom is 0.243 e. The molecule has 5 rings (SSSR count). The van der Waals surface area contributed by atoms with Gasteiger partial charge < -0.3 is 9.14 Å². The molecule has 0 radical (unpaired) electrons. The van der Waals surface area contributed by atoms with Crippen LogP contribution in [-0.2, 0) is 16.6 Å². The molecule has 3 aromatic heterocycles. The number of ether oxygens (including phenoxy) is 1. The van der Waals surface area contributed by atoms with E-state index in [4.69, 9.17) is 4.74 Å². The van der Waals surface area contributed by atoms with Gasteiger partial charge in [-0.05, 0) is 42.5 Å². The van der Waals surface area contributed by atoms with E-state index in [2.05, 4.69) is 27.1 Å². The molecule has 4 aromatic rings. The topological polar surface area (TPSA) is 90.5 Å². The molecular formula is C22H23N5O3S. The second kappa shape index (κ2) is 8.16. The van der Waals surface area contributed by atoms with E-state index in [-0.39, 0.29) is 18.0 Å². The highest BCUT2D eigenvalue weighted by Gasteiger charge is 2.23. The zero-order valence-electron chi connectivity index (χ0n) is 16.9. The van der Waals surface area contributed by atoms with Gasteiger partial charge >= 0.3 is 0 Å². The second-order valence-electron chi connectivity index (χ2n) is 7.67. The first kappa shape index (κ1) is 19.8. The molecule has 31 heavy (non-hydrogen) atoms. The Bertz CT molecular complexity index is 1290. The molecular weight excluding hydrogens is 414 g/mol. The Hall–Kier alpha value is -3.17. The summed E-state index contributed by atoms with van der Waals surface area (Å²) < 4.78 is 36.7. The van der Waals surface area contributed by atoms with Crippen LogP contribution in [0.2, 0.25) is 0 Å². The molecule has 1 aliphatic rings. The van der Waals surface area contributed by atoms with Crippen molar-refractivity contribution < 1.29 is 13.2 Å². The molecule has 0 unspecified atom stereocenters. The lowest BCUT2D eigenvalue weighted by Crippen LogP contribution is -2.28. The maximum atomic E-state index is 12.5. The number of aromatic nitrogens is 4. The number of pyridine rings is 1. The van der Waals surface area contributed by atoms with Gasteiger partial charge in [-0.3, -0.25) is 4.68 Å². The van der Waals surface area contributed by atoms with Crippen LogP contribution in [0.5, 0.6) is 5.75 Å². The van der Waals surface area contributed by atoms with Gasteiger partial charge in [0.25, 0.3) is 0 Å². The Morgan fingerprint density at radius 2 is 1.90 bits per heavy atom. The highest BCUT2D eigenvalue weighted by molar-refractivity contribution is 7.89.